The second-order valence-corrected chi connectivity index (χ2v) is 5.92. The molecule has 5 heteroatoms. The van der Waals surface area contributed by atoms with Crippen molar-refractivity contribution in [3.8, 4) is 5.69 Å². The number of fused-ring (bicyclic) bond motifs is 1. The lowest BCUT2D eigenvalue weighted by Crippen LogP contribution is -2.19. The fourth-order valence-electron chi connectivity index (χ4n) is 3.22. The van der Waals surface area contributed by atoms with E-state index < -0.39 is 5.97 Å². The Labute approximate surface area is 139 Å². The van der Waals surface area contributed by atoms with Gasteiger partial charge in [-0.3, -0.25) is 0 Å². The van der Waals surface area contributed by atoms with Crippen LogP contribution in [0.25, 0.3) is 5.69 Å². The summed E-state index contributed by atoms with van der Waals surface area (Å²) in [5.74, 6) is -0.948. The summed E-state index contributed by atoms with van der Waals surface area (Å²) in [7, 11) is 0. The molecule has 0 saturated carbocycles. The van der Waals surface area contributed by atoms with Gasteiger partial charge >= 0.3 is 5.97 Å². The summed E-state index contributed by atoms with van der Waals surface area (Å²) < 4.78 is 1.64. The molecule has 0 aliphatic carbocycles. The number of rotatable bonds is 4. The Bertz CT molecular complexity index is 901. The lowest BCUT2D eigenvalue weighted by atomic mass is 10.2. The maximum absolute atomic E-state index is 11.4. The molecule has 2 aromatic carbocycles. The highest BCUT2D eigenvalue weighted by molar-refractivity contribution is 5.91. The molecule has 1 aliphatic heterocycles. The lowest BCUT2D eigenvalue weighted by Gasteiger charge is -2.18. The third-order valence-electron chi connectivity index (χ3n) is 4.37. The van der Waals surface area contributed by atoms with Crippen LogP contribution in [0, 0.1) is 0 Å². The van der Waals surface area contributed by atoms with Crippen molar-refractivity contribution < 1.29 is 9.90 Å². The van der Waals surface area contributed by atoms with E-state index in [-0.39, 0.29) is 5.56 Å². The minimum absolute atomic E-state index is 0.249. The highest BCUT2D eigenvalue weighted by atomic mass is 16.4. The Morgan fingerprint density at radius 1 is 1.08 bits per heavy atom. The number of aromatic nitrogens is 2. The first-order valence-electron chi connectivity index (χ1n) is 7.91. The second kappa shape index (κ2) is 5.85. The van der Waals surface area contributed by atoms with E-state index in [9.17, 15) is 9.90 Å². The molecule has 0 fully saturated rings. The Hall–Kier alpha value is -3.08. The summed E-state index contributed by atoms with van der Waals surface area (Å²) >= 11 is 0. The number of carboxylic acids is 1. The van der Waals surface area contributed by atoms with Crippen molar-refractivity contribution in [2.45, 2.75) is 13.0 Å². The number of hydrogen-bond donors (Lipinski definition) is 1. The molecule has 0 radical (unpaired) electrons. The molecule has 0 unspecified atom stereocenters. The van der Waals surface area contributed by atoms with Gasteiger partial charge in [0.1, 0.15) is 0 Å². The van der Waals surface area contributed by atoms with E-state index in [0.717, 1.165) is 25.1 Å². The zero-order valence-corrected chi connectivity index (χ0v) is 13.1. The average Bonchev–Trinajstić information content (AvgIpc) is 3.23. The largest absolute Gasteiger partial charge is 0.478 e. The van der Waals surface area contributed by atoms with Gasteiger partial charge in [-0.25, -0.2) is 9.48 Å². The van der Waals surface area contributed by atoms with Gasteiger partial charge in [-0.05, 0) is 30.2 Å². The zero-order valence-electron chi connectivity index (χ0n) is 13.1. The molecule has 0 bridgehead atoms. The first-order valence-corrected chi connectivity index (χ1v) is 7.91. The summed E-state index contributed by atoms with van der Waals surface area (Å²) in [5, 5.41) is 13.7. The fourth-order valence-corrected chi connectivity index (χ4v) is 3.22. The van der Waals surface area contributed by atoms with Crippen molar-refractivity contribution in [3.63, 3.8) is 0 Å². The molecule has 1 aliphatic rings. The molecule has 1 aromatic heterocycles. The molecule has 0 saturated heterocycles. The number of carbonyl (C=O) groups is 1. The Balaban J connectivity index is 1.60. The quantitative estimate of drug-likeness (QED) is 0.802. The summed E-state index contributed by atoms with van der Waals surface area (Å²) in [6.45, 7) is 1.77. The second-order valence-electron chi connectivity index (χ2n) is 5.92. The van der Waals surface area contributed by atoms with Crippen molar-refractivity contribution in [1.82, 2.24) is 9.78 Å². The van der Waals surface area contributed by atoms with Crippen LogP contribution < -0.4 is 4.90 Å². The van der Waals surface area contributed by atoms with E-state index in [4.69, 9.17) is 0 Å². The van der Waals surface area contributed by atoms with Crippen molar-refractivity contribution >= 4 is 11.7 Å². The van der Waals surface area contributed by atoms with Crippen LogP contribution in [0.5, 0.6) is 0 Å². The number of aromatic carboxylic acids is 1. The summed E-state index contributed by atoms with van der Waals surface area (Å²) in [5.41, 5.74) is 4.54. The normalized spacial score (nSPS) is 13.1. The first kappa shape index (κ1) is 14.5. The van der Waals surface area contributed by atoms with Gasteiger partial charge in [-0.2, -0.15) is 5.10 Å². The molecule has 3 aromatic rings. The van der Waals surface area contributed by atoms with Crippen molar-refractivity contribution in [2.24, 2.45) is 0 Å². The molecule has 2 heterocycles. The SMILES string of the molecule is O=C(O)c1ccccc1-n1cc(CN2CCc3ccccc32)cn1. The van der Waals surface area contributed by atoms with E-state index in [0.29, 0.717) is 5.69 Å². The van der Waals surface area contributed by atoms with Crippen LogP contribution in [0.2, 0.25) is 0 Å². The molecular formula is C19H17N3O2. The van der Waals surface area contributed by atoms with Crippen LogP contribution in [-0.4, -0.2) is 27.4 Å². The van der Waals surface area contributed by atoms with Crippen molar-refractivity contribution in [3.05, 3.63) is 77.6 Å². The molecule has 24 heavy (non-hydrogen) atoms. The van der Waals surface area contributed by atoms with E-state index >= 15 is 0 Å². The van der Waals surface area contributed by atoms with Gasteiger partial charge in [0, 0.05) is 30.5 Å². The maximum Gasteiger partial charge on any atom is 0.337 e. The van der Waals surface area contributed by atoms with E-state index in [1.807, 2.05) is 12.3 Å². The van der Waals surface area contributed by atoms with Gasteiger partial charge in [-0.1, -0.05) is 30.3 Å². The minimum Gasteiger partial charge on any atom is -0.478 e. The maximum atomic E-state index is 11.4. The van der Waals surface area contributed by atoms with Gasteiger partial charge in [0.2, 0.25) is 0 Å². The van der Waals surface area contributed by atoms with E-state index in [1.165, 1.54) is 11.3 Å². The predicted molar refractivity (Wildman–Crippen MR) is 91.7 cm³/mol. The fraction of sp³-hybridized carbons (Fsp3) is 0.158. The Morgan fingerprint density at radius 3 is 2.67 bits per heavy atom. The third kappa shape index (κ3) is 2.54. The van der Waals surface area contributed by atoms with Crippen molar-refractivity contribution in [1.29, 1.82) is 0 Å². The Kier molecular flexibility index (Phi) is 3.54. The van der Waals surface area contributed by atoms with Gasteiger partial charge in [-0.15, -0.1) is 0 Å². The zero-order chi connectivity index (χ0) is 16.5. The highest BCUT2D eigenvalue weighted by Crippen LogP contribution is 2.28. The summed E-state index contributed by atoms with van der Waals surface area (Å²) in [4.78, 5) is 13.7. The highest BCUT2D eigenvalue weighted by Gasteiger charge is 2.19. The summed E-state index contributed by atoms with van der Waals surface area (Å²) in [6, 6.07) is 15.3. The number of benzene rings is 2. The lowest BCUT2D eigenvalue weighted by molar-refractivity contribution is 0.0696. The van der Waals surface area contributed by atoms with E-state index in [1.54, 1.807) is 29.1 Å². The number of nitrogens with zero attached hydrogens (tertiary/aromatic N) is 3. The standard InChI is InChI=1S/C19H17N3O2/c23-19(24)16-6-2-4-8-18(16)22-13-14(11-20-22)12-21-10-9-15-5-1-3-7-17(15)21/h1-8,11,13H,9-10,12H2,(H,23,24). The van der Waals surface area contributed by atoms with Crippen LogP contribution in [0.1, 0.15) is 21.5 Å². The monoisotopic (exact) mass is 319 g/mol. The number of hydrogen-bond acceptors (Lipinski definition) is 3. The van der Waals surface area contributed by atoms with Crippen LogP contribution >= 0.6 is 0 Å². The smallest absolute Gasteiger partial charge is 0.337 e. The third-order valence-corrected chi connectivity index (χ3v) is 4.37. The molecule has 5 nitrogen and oxygen atoms in total. The molecule has 0 spiro atoms. The number of carboxylic acid groups (broad SMARTS) is 1. The van der Waals surface area contributed by atoms with Gasteiger partial charge < -0.3 is 10.0 Å². The van der Waals surface area contributed by atoms with Crippen LogP contribution in [0.4, 0.5) is 5.69 Å². The van der Waals surface area contributed by atoms with Gasteiger partial charge in [0.15, 0.2) is 0 Å². The average molecular weight is 319 g/mol. The molecule has 4 rings (SSSR count). The topological polar surface area (TPSA) is 58.4 Å². The number of para-hydroxylation sites is 2. The molecule has 120 valence electrons. The molecule has 0 atom stereocenters. The first-order chi connectivity index (χ1) is 11.7. The molecule has 0 amide bonds. The predicted octanol–water partition coefficient (Wildman–Crippen LogP) is 3.13. The van der Waals surface area contributed by atoms with Crippen LogP contribution in [0.3, 0.4) is 0 Å². The summed E-state index contributed by atoms with van der Waals surface area (Å²) in [6.07, 6.45) is 4.77. The minimum atomic E-state index is -0.948. The molecular weight excluding hydrogens is 302 g/mol. The van der Waals surface area contributed by atoms with Gasteiger partial charge in [0.05, 0.1) is 17.4 Å². The number of anilines is 1. The van der Waals surface area contributed by atoms with Crippen molar-refractivity contribution in [2.75, 3.05) is 11.4 Å². The Morgan fingerprint density at radius 2 is 1.83 bits per heavy atom. The van der Waals surface area contributed by atoms with Crippen LogP contribution in [-0.2, 0) is 13.0 Å². The van der Waals surface area contributed by atoms with Crippen LogP contribution in [0.15, 0.2) is 60.9 Å². The van der Waals surface area contributed by atoms with Gasteiger partial charge in [0.25, 0.3) is 0 Å². The van der Waals surface area contributed by atoms with E-state index in [2.05, 4.69) is 34.3 Å². The molecule has 1 N–H and O–H groups in total.